The van der Waals surface area contributed by atoms with Crippen LogP contribution in [-0.2, 0) is 0 Å². The van der Waals surface area contributed by atoms with E-state index in [-0.39, 0.29) is 5.56 Å². The molecule has 0 bridgehead atoms. The largest absolute Gasteiger partial charge is 0.496 e. The molecular formula is C16H24FNO2S. The first kappa shape index (κ1) is 16.6. The maximum Gasteiger partial charge on any atom is 0.132 e. The lowest BCUT2D eigenvalue weighted by molar-refractivity contribution is 0.123. The Morgan fingerprint density at radius 2 is 2.24 bits per heavy atom. The number of methoxy groups -OCH3 is 1. The summed E-state index contributed by atoms with van der Waals surface area (Å²) in [6, 6.07) is 5.13. The third-order valence-electron chi connectivity index (χ3n) is 4.27. The highest BCUT2D eigenvalue weighted by Gasteiger charge is 2.26. The summed E-state index contributed by atoms with van der Waals surface area (Å²) in [5.74, 6) is 1.13. The van der Waals surface area contributed by atoms with Crippen LogP contribution in [0.5, 0.6) is 5.75 Å². The topological polar surface area (TPSA) is 32.7 Å². The van der Waals surface area contributed by atoms with E-state index in [1.54, 1.807) is 12.1 Å². The van der Waals surface area contributed by atoms with Crippen molar-refractivity contribution in [2.45, 2.75) is 37.7 Å². The molecule has 118 valence electrons. The highest BCUT2D eigenvalue weighted by molar-refractivity contribution is 8.00. The van der Waals surface area contributed by atoms with E-state index < -0.39 is 11.9 Å². The molecule has 1 heterocycles. The predicted octanol–water partition coefficient (Wildman–Crippen LogP) is 3.08. The van der Waals surface area contributed by atoms with Crippen molar-refractivity contribution in [1.29, 1.82) is 0 Å². The summed E-state index contributed by atoms with van der Waals surface area (Å²) in [4.78, 5) is 2.37. The Morgan fingerprint density at radius 1 is 1.48 bits per heavy atom. The van der Waals surface area contributed by atoms with Gasteiger partial charge in [0.15, 0.2) is 0 Å². The molecule has 1 aliphatic heterocycles. The average Bonchev–Trinajstić information content (AvgIpc) is 2.48. The van der Waals surface area contributed by atoms with E-state index in [1.807, 2.05) is 11.8 Å². The number of thioether (sulfide) groups is 1. The Bertz CT molecular complexity index is 472. The highest BCUT2D eigenvalue weighted by atomic mass is 32.2. The van der Waals surface area contributed by atoms with Gasteiger partial charge in [0.1, 0.15) is 11.6 Å². The van der Waals surface area contributed by atoms with Crippen molar-refractivity contribution >= 4 is 11.8 Å². The van der Waals surface area contributed by atoms with Crippen molar-refractivity contribution < 1.29 is 14.2 Å². The van der Waals surface area contributed by atoms with Gasteiger partial charge in [-0.05, 0) is 25.5 Å². The van der Waals surface area contributed by atoms with Crippen LogP contribution in [0.3, 0.4) is 0 Å². The third kappa shape index (κ3) is 3.90. The van der Waals surface area contributed by atoms with Gasteiger partial charge in [-0.3, -0.25) is 4.90 Å². The van der Waals surface area contributed by atoms with Crippen LogP contribution in [0.15, 0.2) is 18.2 Å². The molecule has 3 atom stereocenters. The molecule has 1 saturated heterocycles. The van der Waals surface area contributed by atoms with Crippen LogP contribution in [0, 0.1) is 5.82 Å². The van der Waals surface area contributed by atoms with Crippen LogP contribution in [0.25, 0.3) is 0 Å². The van der Waals surface area contributed by atoms with Crippen molar-refractivity contribution in [2.75, 3.05) is 26.0 Å². The fourth-order valence-corrected chi connectivity index (χ4v) is 3.92. The van der Waals surface area contributed by atoms with Crippen molar-refractivity contribution in [3.8, 4) is 5.75 Å². The van der Waals surface area contributed by atoms with Crippen LogP contribution in [-0.4, -0.2) is 47.3 Å². The Morgan fingerprint density at radius 3 is 2.95 bits per heavy atom. The molecular weight excluding hydrogens is 289 g/mol. The zero-order valence-corrected chi connectivity index (χ0v) is 13.7. The zero-order chi connectivity index (χ0) is 15.4. The number of aliphatic hydroxyl groups is 1. The number of halogens is 1. The second kappa shape index (κ2) is 7.47. The fourth-order valence-electron chi connectivity index (χ4n) is 2.76. The van der Waals surface area contributed by atoms with Gasteiger partial charge in [-0.2, -0.15) is 11.8 Å². The molecule has 1 N–H and O–H groups in total. The van der Waals surface area contributed by atoms with Gasteiger partial charge in [0.2, 0.25) is 0 Å². The standard InChI is InChI=1S/C16H24FNO2S/c1-11-12(2)21-10-9-18(11)8-7-14(19)16-13(17)5-4-6-15(16)20-3/h4-6,11-12,14,19H,7-10H2,1-3H3. The smallest absolute Gasteiger partial charge is 0.132 e. The maximum absolute atomic E-state index is 13.9. The van der Waals surface area contributed by atoms with E-state index in [0.717, 1.165) is 18.8 Å². The normalized spacial score (nSPS) is 24.8. The molecule has 3 nitrogen and oxygen atoms in total. The van der Waals surface area contributed by atoms with E-state index >= 15 is 0 Å². The van der Waals surface area contributed by atoms with Crippen LogP contribution in [0.2, 0.25) is 0 Å². The van der Waals surface area contributed by atoms with Gasteiger partial charge in [0.25, 0.3) is 0 Å². The van der Waals surface area contributed by atoms with E-state index in [4.69, 9.17) is 4.74 Å². The van der Waals surface area contributed by atoms with Gasteiger partial charge >= 0.3 is 0 Å². The third-order valence-corrected chi connectivity index (χ3v) is 5.61. The number of ether oxygens (including phenoxy) is 1. The van der Waals surface area contributed by atoms with Crippen molar-refractivity contribution in [3.63, 3.8) is 0 Å². The molecule has 0 aromatic heterocycles. The number of rotatable bonds is 5. The molecule has 0 saturated carbocycles. The van der Waals surface area contributed by atoms with Gasteiger partial charge < -0.3 is 9.84 Å². The minimum absolute atomic E-state index is 0.270. The minimum atomic E-state index is -0.835. The van der Waals surface area contributed by atoms with E-state index in [0.29, 0.717) is 23.5 Å². The van der Waals surface area contributed by atoms with Crippen molar-refractivity contribution in [1.82, 2.24) is 4.90 Å². The van der Waals surface area contributed by atoms with Gasteiger partial charge in [-0.1, -0.05) is 13.0 Å². The summed E-state index contributed by atoms with van der Waals surface area (Å²) in [5, 5.41) is 10.9. The monoisotopic (exact) mass is 313 g/mol. The van der Waals surface area contributed by atoms with E-state index in [1.165, 1.54) is 13.2 Å². The number of benzene rings is 1. The number of aliphatic hydroxyl groups excluding tert-OH is 1. The molecule has 0 spiro atoms. The molecule has 21 heavy (non-hydrogen) atoms. The number of nitrogens with zero attached hydrogens (tertiary/aromatic N) is 1. The molecule has 0 amide bonds. The highest BCUT2D eigenvalue weighted by Crippen LogP contribution is 2.31. The average molecular weight is 313 g/mol. The Balaban J connectivity index is 2.00. The van der Waals surface area contributed by atoms with Gasteiger partial charge in [0.05, 0.1) is 18.8 Å². The Hall–Kier alpha value is -0.780. The zero-order valence-electron chi connectivity index (χ0n) is 12.9. The lowest BCUT2D eigenvalue weighted by Gasteiger charge is -2.37. The predicted molar refractivity (Wildman–Crippen MR) is 85.5 cm³/mol. The summed E-state index contributed by atoms with van der Waals surface area (Å²) in [6.45, 7) is 6.24. The summed E-state index contributed by atoms with van der Waals surface area (Å²) in [7, 11) is 1.50. The summed E-state index contributed by atoms with van der Waals surface area (Å²) >= 11 is 1.98. The van der Waals surface area contributed by atoms with Gasteiger partial charge in [-0.25, -0.2) is 4.39 Å². The minimum Gasteiger partial charge on any atom is -0.496 e. The molecule has 1 fully saturated rings. The first-order valence-electron chi connectivity index (χ1n) is 7.40. The molecule has 1 aliphatic rings. The van der Waals surface area contributed by atoms with Crippen molar-refractivity contribution in [2.24, 2.45) is 0 Å². The molecule has 0 aliphatic carbocycles. The molecule has 3 unspecified atom stereocenters. The second-order valence-electron chi connectivity index (χ2n) is 5.51. The molecule has 2 rings (SSSR count). The molecule has 0 radical (unpaired) electrons. The first-order chi connectivity index (χ1) is 10.0. The lowest BCUT2D eigenvalue weighted by Crippen LogP contribution is -2.45. The summed E-state index contributed by atoms with van der Waals surface area (Å²) in [5.41, 5.74) is 0.270. The fraction of sp³-hybridized carbons (Fsp3) is 0.625. The Labute approximate surface area is 130 Å². The van der Waals surface area contributed by atoms with Gasteiger partial charge in [0, 0.05) is 30.1 Å². The second-order valence-corrected chi connectivity index (χ2v) is 7.00. The van der Waals surface area contributed by atoms with Crippen LogP contribution in [0.1, 0.15) is 31.9 Å². The van der Waals surface area contributed by atoms with Crippen molar-refractivity contribution in [3.05, 3.63) is 29.6 Å². The molecule has 5 heteroatoms. The first-order valence-corrected chi connectivity index (χ1v) is 8.45. The summed E-state index contributed by atoms with van der Waals surface area (Å²) < 4.78 is 19.1. The van der Waals surface area contributed by atoms with Crippen LogP contribution < -0.4 is 4.74 Å². The molecule has 1 aromatic rings. The van der Waals surface area contributed by atoms with Crippen LogP contribution >= 0.6 is 11.8 Å². The SMILES string of the molecule is COc1cccc(F)c1C(O)CCN1CCSC(C)C1C. The van der Waals surface area contributed by atoms with E-state index in [2.05, 4.69) is 18.7 Å². The quantitative estimate of drug-likeness (QED) is 0.905. The van der Waals surface area contributed by atoms with E-state index in [9.17, 15) is 9.50 Å². The maximum atomic E-state index is 13.9. The lowest BCUT2D eigenvalue weighted by atomic mass is 10.0. The van der Waals surface area contributed by atoms with Crippen LogP contribution in [0.4, 0.5) is 4.39 Å². The number of hydrogen-bond acceptors (Lipinski definition) is 4. The number of hydrogen-bond donors (Lipinski definition) is 1. The molecule has 1 aromatic carbocycles. The Kier molecular flexibility index (Phi) is 5.90. The summed E-state index contributed by atoms with van der Waals surface area (Å²) in [6.07, 6.45) is -0.322. The van der Waals surface area contributed by atoms with Gasteiger partial charge in [-0.15, -0.1) is 0 Å².